The molecule has 0 radical (unpaired) electrons. The van der Waals surface area contributed by atoms with Gasteiger partial charge in [0, 0.05) is 17.8 Å². The van der Waals surface area contributed by atoms with E-state index in [1.54, 1.807) is 25.1 Å². The third-order valence-electron chi connectivity index (χ3n) is 2.34. The first-order valence-electron chi connectivity index (χ1n) is 5.56. The molecule has 2 rings (SSSR count). The molecule has 1 aromatic heterocycles. The monoisotopic (exact) mass is 310 g/mol. The van der Waals surface area contributed by atoms with Crippen LogP contribution in [-0.2, 0) is 6.42 Å². The standard InChI is InChI=1S/C13H12BrFN2O/c1-3-9-6-13(17-8(2)16-9)18-10-4-5-11(14)12(15)7-10/h4-7H,3H2,1-2H3. The van der Waals surface area contributed by atoms with Crippen molar-refractivity contribution >= 4 is 15.9 Å². The van der Waals surface area contributed by atoms with Crippen LogP contribution in [0.25, 0.3) is 0 Å². The number of aromatic nitrogens is 2. The number of benzene rings is 1. The van der Waals surface area contributed by atoms with Crippen molar-refractivity contribution in [1.82, 2.24) is 9.97 Å². The lowest BCUT2D eigenvalue weighted by Gasteiger charge is -2.07. The second-order valence-electron chi connectivity index (χ2n) is 3.78. The molecule has 0 unspecified atom stereocenters. The fourth-order valence-electron chi connectivity index (χ4n) is 1.49. The summed E-state index contributed by atoms with van der Waals surface area (Å²) in [6.07, 6.45) is 0.800. The van der Waals surface area contributed by atoms with Gasteiger partial charge in [-0.15, -0.1) is 0 Å². The molecule has 0 aliphatic carbocycles. The molecular formula is C13H12BrFN2O. The van der Waals surface area contributed by atoms with Gasteiger partial charge in [-0.05, 0) is 41.4 Å². The molecule has 1 heterocycles. The third kappa shape index (κ3) is 3.04. The summed E-state index contributed by atoms with van der Waals surface area (Å²) >= 11 is 3.09. The summed E-state index contributed by atoms with van der Waals surface area (Å²) in [5.41, 5.74) is 0.898. The normalized spacial score (nSPS) is 10.4. The molecule has 0 saturated carbocycles. The van der Waals surface area contributed by atoms with Crippen LogP contribution in [0, 0.1) is 12.7 Å². The van der Waals surface area contributed by atoms with Crippen LogP contribution in [0.15, 0.2) is 28.7 Å². The van der Waals surface area contributed by atoms with Gasteiger partial charge in [0.25, 0.3) is 0 Å². The maximum Gasteiger partial charge on any atom is 0.222 e. The van der Waals surface area contributed by atoms with Crippen LogP contribution >= 0.6 is 15.9 Å². The number of aryl methyl sites for hydroxylation is 2. The van der Waals surface area contributed by atoms with Crippen molar-refractivity contribution in [3.63, 3.8) is 0 Å². The molecule has 0 atom stereocenters. The zero-order valence-corrected chi connectivity index (χ0v) is 11.7. The quantitative estimate of drug-likeness (QED) is 0.858. The van der Waals surface area contributed by atoms with Gasteiger partial charge in [0.15, 0.2) is 0 Å². The molecular weight excluding hydrogens is 299 g/mol. The average Bonchev–Trinajstić information content (AvgIpc) is 2.33. The van der Waals surface area contributed by atoms with Crippen molar-refractivity contribution in [2.75, 3.05) is 0 Å². The Bertz CT molecular complexity index is 575. The third-order valence-corrected chi connectivity index (χ3v) is 2.99. The van der Waals surface area contributed by atoms with Crippen LogP contribution in [0.1, 0.15) is 18.4 Å². The highest BCUT2D eigenvalue weighted by Crippen LogP contribution is 2.25. The average molecular weight is 311 g/mol. The number of rotatable bonds is 3. The highest BCUT2D eigenvalue weighted by Gasteiger charge is 2.05. The van der Waals surface area contributed by atoms with Crippen molar-refractivity contribution < 1.29 is 9.13 Å². The van der Waals surface area contributed by atoms with E-state index < -0.39 is 0 Å². The maximum atomic E-state index is 13.3. The lowest BCUT2D eigenvalue weighted by molar-refractivity contribution is 0.453. The van der Waals surface area contributed by atoms with Crippen LogP contribution in [0.2, 0.25) is 0 Å². The van der Waals surface area contributed by atoms with Crippen LogP contribution in [0.4, 0.5) is 4.39 Å². The Morgan fingerprint density at radius 2 is 2.06 bits per heavy atom. The maximum absolute atomic E-state index is 13.3. The molecule has 0 bridgehead atoms. The number of ether oxygens (including phenoxy) is 1. The zero-order chi connectivity index (χ0) is 13.1. The van der Waals surface area contributed by atoms with Gasteiger partial charge < -0.3 is 4.74 Å². The summed E-state index contributed by atoms with van der Waals surface area (Å²) < 4.78 is 19.3. The number of halogens is 2. The van der Waals surface area contributed by atoms with Crippen molar-refractivity contribution in [2.45, 2.75) is 20.3 Å². The number of hydrogen-bond donors (Lipinski definition) is 0. The molecule has 18 heavy (non-hydrogen) atoms. The van der Waals surface area contributed by atoms with Crippen LogP contribution in [0.5, 0.6) is 11.6 Å². The van der Waals surface area contributed by atoms with Gasteiger partial charge in [-0.3, -0.25) is 0 Å². The molecule has 2 aromatic rings. The minimum Gasteiger partial charge on any atom is -0.439 e. The molecule has 0 amide bonds. The van der Waals surface area contributed by atoms with E-state index in [0.29, 0.717) is 21.9 Å². The van der Waals surface area contributed by atoms with E-state index in [9.17, 15) is 4.39 Å². The Morgan fingerprint density at radius 3 is 2.72 bits per heavy atom. The van der Waals surface area contributed by atoms with Gasteiger partial charge in [-0.1, -0.05) is 6.92 Å². The predicted octanol–water partition coefficient (Wildman–Crippen LogP) is 4.04. The predicted molar refractivity (Wildman–Crippen MR) is 70.3 cm³/mol. The molecule has 0 saturated heterocycles. The van der Waals surface area contributed by atoms with E-state index in [1.165, 1.54) is 6.07 Å². The first-order valence-corrected chi connectivity index (χ1v) is 6.35. The van der Waals surface area contributed by atoms with E-state index in [0.717, 1.165) is 12.1 Å². The van der Waals surface area contributed by atoms with E-state index in [-0.39, 0.29) is 5.82 Å². The van der Waals surface area contributed by atoms with Crippen LogP contribution in [-0.4, -0.2) is 9.97 Å². The Kier molecular flexibility index (Phi) is 3.91. The van der Waals surface area contributed by atoms with E-state index in [4.69, 9.17) is 4.74 Å². The Hall–Kier alpha value is -1.49. The highest BCUT2D eigenvalue weighted by molar-refractivity contribution is 9.10. The molecule has 94 valence electrons. The summed E-state index contributed by atoms with van der Waals surface area (Å²) in [5, 5.41) is 0. The van der Waals surface area contributed by atoms with Crippen LogP contribution in [0.3, 0.4) is 0 Å². The minimum absolute atomic E-state index is 0.367. The largest absolute Gasteiger partial charge is 0.439 e. The van der Waals surface area contributed by atoms with Crippen LogP contribution < -0.4 is 4.74 Å². The number of hydrogen-bond acceptors (Lipinski definition) is 3. The molecule has 5 heteroatoms. The van der Waals surface area contributed by atoms with Crippen molar-refractivity contribution in [2.24, 2.45) is 0 Å². The second-order valence-corrected chi connectivity index (χ2v) is 4.63. The summed E-state index contributed by atoms with van der Waals surface area (Å²) in [7, 11) is 0. The lowest BCUT2D eigenvalue weighted by atomic mass is 10.3. The smallest absolute Gasteiger partial charge is 0.222 e. The molecule has 0 spiro atoms. The molecule has 0 fully saturated rings. The summed E-state index contributed by atoms with van der Waals surface area (Å²) in [6.45, 7) is 3.80. The first-order chi connectivity index (χ1) is 8.58. The van der Waals surface area contributed by atoms with Crippen molar-refractivity contribution in [3.05, 3.63) is 46.1 Å². The van der Waals surface area contributed by atoms with Gasteiger partial charge in [-0.2, -0.15) is 4.98 Å². The van der Waals surface area contributed by atoms with Gasteiger partial charge >= 0.3 is 0 Å². The van der Waals surface area contributed by atoms with Crippen molar-refractivity contribution in [3.8, 4) is 11.6 Å². The van der Waals surface area contributed by atoms with Crippen molar-refractivity contribution in [1.29, 1.82) is 0 Å². The zero-order valence-electron chi connectivity index (χ0n) is 10.1. The number of nitrogens with zero attached hydrogens (tertiary/aromatic N) is 2. The Balaban J connectivity index is 2.27. The van der Waals surface area contributed by atoms with Gasteiger partial charge in [0.2, 0.25) is 5.88 Å². The Labute approximate surface area is 113 Å². The Morgan fingerprint density at radius 1 is 1.28 bits per heavy atom. The molecule has 3 nitrogen and oxygen atoms in total. The highest BCUT2D eigenvalue weighted by atomic mass is 79.9. The molecule has 0 aliphatic heterocycles. The fraction of sp³-hybridized carbons (Fsp3) is 0.231. The summed E-state index contributed by atoms with van der Waals surface area (Å²) in [6, 6.07) is 6.34. The topological polar surface area (TPSA) is 35.0 Å². The minimum atomic E-state index is -0.367. The molecule has 0 aliphatic rings. The van der Waals surface area contributed by atoms with E-state index in [1.807, 2.05) is 6.92 Å². The van der Waals surface area contributed by atoms with E-state index >= 15 is 0 Å². The summed E-state index contributed by atoms with van der Waals surface area (Å²) in [5.74, 6) is 1.12. The lowest BCUT2D eigenvalue weighted by Crippen LogP contribution is -1.97. The fourth-order valence-corrected chi connectivity index (χ4v) is 1.74. The molecule has 1 aromatic carbocycles. The van der Waals surface area contributed by atoms with E-state index in [2.05, 4.69) is 25.9 Å². The molecule has 0 N–H and O–H groups in total. The first kappa shape index (κ1) is 13.0. The van der Waals surface area contributed by atoms with Gasteiger partial charge in [-0.25, -0.2) is 9.37 Å². The van der Waals surface area contributed by atoms with Gasteiger partial charge in [0.05, 0.1) is 4.47 Å². The van der Waals surface area contributed by atoms with Gasteiger partial charge in [0.1, 0.15) is 17.4 Å². The SMILES string of the molecule is CCc1cc(Oc2ccc(Br)c(F)c2)nc(C)n1. The second kappa shape index (κ2) is 5.44. The summed E-state index contributed by atoms with van der Waals surface area (Å²) in [4.78, 5) is 8.41.